The number of nitrogens with one attached hydrogen (secondary N) is 1. The number of carbonyl (C=O) groups excluding carboxylic acids is 1. The molecule has 0 atom stereocenters. The zero-order valence-electron chi connectivity index (χ0n) is 8.94. The highest BCUT2D eigenvalue weighted by Gasteiger charge is 2.33. The number of amides is 1. The molecule has 2 heteroatoms. The average Bonchev–Trinajstić information content (AvgIpc) is 2.55. The molecule has 1 spiro atoms. The highest BCUT2D eigenvalue weighted by molar-refractivity contribution is 5.88. The van der Waals surface area contributed by atoms with Crippen LogP contribution in [0.5, 0.6) is 0 Å². The van der Waals surface area contributed by atoms with E-state index in [4.69, 9.17) is 0 Å². The molecule has 2 aliphatic rings. The van der Waals surface area contributed by atoms with E-state index in [9.17, 15) is 4.79 Å². The van der Waals surface area contributed by atoms with Crippen molar-refractivity contribution in [2.24, 2.45) is 5.41 Å². The van der Waals surface area contributed by atoms with Crippen molar-refractivity contribution in [1.29, 1.82) is 0 Å². The van der Waals surface area contributed by atoms with Crippen molar-refractivity contribution >= 4 is 5.91 Å². The second kappa shape index (κ2) is 3.34. The molecule has 1 N–H and O–H groups in total. The fourth-order valence-electron chi connectivity index (χ4n) is 2.54. The van der Waals surface area contributed by atoms with Gasteiger partial charge in [0, 0.05) is 17.7 Å². The van der Waals surface area contributed by atoms with E-state index in [1.807, 2.05) is 6.08 Å². The number of hydrogen-bond donors (Lipinski definition) is 1. The number of benzene rings is 1. The van der Waals surface area contributed by atoms with E-state index >= 15 is 0 Å². The van der Waals surface area contributed by atoms with E-state index in [0.717, 1.165) is 12.8 Å². The molecule has 1 aliphatic carbocycles. The molecule has 1 aromatic rings. The lowest BCUT2D eigenvalue weighted by atomic mass is 9.84. The molecule has 0 aromatic heterocycles. The fourth-order valence-corrected chi connectivity index (χ4v) is 2.54. The first-order chi connectivity index (χ1) is 7.77. The maximum Gasteiger partial charge on any atom is 0.247 e. The lowest BCUT2D eigenvalue weighted by Crippen LogP contribution is -2.14. The maximum absolute atomic E-state index is 11.2. The Morgan fingerprint density at radius 2 is 1.75 bits per heavy atom. The number of fused-ring (bicyclic) bond motifs is 1. The molecular weight excluding hydrogens is 198 g/mol. The van der Waals surface area contributed by atoms with Crippen molar-refractivity contribution in [3.63, 3.8) is 0 Å². The number of hydrogen-bond acceptors (Lipinski definition) is 1. The summed E-state index contributed by atoms with van der Waals surface area (Å²) in [4.78, 5) is 11.2. The third-order valence-electron chi connectivity index (χ3n) is 3.37. The fraction of sp³-hybridized carbons (Fsp3) is 0.214. The summed E-state index contributed by atoms with van der Waals surface area (Å²) < 4.78 is 0. The van der Waals surface area contributed by atoms with Gasteiger partial charge < -0.3 is 5.32 Å². The Hall–Kier alpha value is -1.83. The molecule has 0 saturated carbocycles. The van der Waals surface area contributed by atoms with E-state index < -0.39 is 0 Å². The molecule has 1 aromatic carbocycles. The van der Waals surface area contributed by atoms with E-state index in [0.29, 0.717) is 0 Å². The van der Waals surface area contributed by atoms with Gasteiger partial charge in [-0.15, -0.1) is 0 Å². The summed E-state index contributed by atoms with van der Waals surface area (Å²) in [5, 5.41) is 2.72. The van der Waals surface area contributed by atoms with Crippen molar-refractivity contribution < 1.29 is 4.79 Å². The van der Waals surface area contributed by atoms with E-state index in [-0.39, 0.29) is 11.3 Å². The molecule has 0 fully saturated rings. The number of allylic oxidation sites excluding steroid dienone is 2. The molecule has 0 radical (unpaired) electrons. The van der Waals surface area contributed by atoms with Crippen LogP contribution in [0.3, 0.4) is 0 Å². The Bertz CT molecular complexity index is 474. The van der Waals surface area contributed by atoms with Gasteiger partial charge in [0.25, 0.3) is 0 Å². The molecule has 0 unspecified atom stereocenters. The first kappa shape index (κ1) is 9.40. The summed E-state index contributed by atoms with van der Waals surface area (Å²) in [6.07, 6.45) is 9.54. The predicted molar refractivity (Wildman–Crippen MR) is 62.7 cm³/mol. The lowest BCUT2D eigenvalue weighted by Gasteiger charge is -2.18. The third kappa shape index (κ3) is 1.47. The summed E-state index contributed by atoms with van der Waals surface area (Å²) in [7, 11) is 0. The third-order valence-corrected chi connectivity index (χ3v) is 3.37. The maximum atomic E-state index is 11.2. The van der Waals surface area contributed by atoms with Crippen LogP contribution >= 0.6 is 0 Å². The van der Waals surface area contributed by atoms with Crippen molar-refractivity contribution in [3.05, 3.63) is 59.8 Å². The molecule has 16 heavy (non-hydrogen) atoms. The minimum atomic E-state index is -0.0379. The number of carbonyl (C=O) groups is 1. The largest absolute Gasteiger partial charge is 0.329 e. The van der Waals surface area contributed by atoms with E-state index in [1.165, 1.54) is 11.1 Å². The molecule has 1 amide bonds. The first-order valence-corrected chi connectivity index (χ1v) is 5.52. The smallest absolute Gasteiger partial charge is 0.247 e. The Kier molecular flexibility index (Phi) is 1.96. The second-order valence-corrected chi connectivity index (χ2v) is 4.53. The zero-order chi connectivity index (χ0) is 11.0. The zero-order valence-corrected chi connectivity index (χ0v) is 8.94. The molecule has 80 valence electrons. The Morgan fingerprint density at radius 3 is 2.44 bits per heavy atom. The van der Waals surface area contributed by atoms with Crippen molar-refractivity contribution in [1.82, 2.24) is 5.32 Å². The minimum Gasteiger partial charge on any atom is -0.329 e. The summed E-state index contributed by atoms with van der Waals surface area (Å²) in [6, 6.07) is 8.49. The summed E-state index contributed by atoms with van der Waals surface area (Å²) in [5.41, 5.74) is 2.79. The van der Waals surface area contributed by atoms with Crippen LogP contribution < -0.4 is 5.32 Å². The molecule has 3 rings (SSSR count). The van der Waals surface area contributed by atoms with Crippen LogP contribution in [0.2, 0.25) is 0 Å². The molecule has 1 aliphatic heterocycles. The van der Waals surface area contributed by atoms with Gasteiger partial charge in [-0.05, 0) is 24.0 Å². The van der Waals surface area contributed by atoms with E-state index in [1.54, 1.807) is 12.3 Å². The average molecular weight is 211 g/mol. The molecule has 2 nitrogen and oxygen atoms in total. The Balaban J connectivity index is 1.99. The van der Waals surface area contributed by atoms with Gasteiger partial charge in [0.15, 0.2) is 0 Å². The van der Waals surface area contributed by atoms with Gasteiger partial charge in [-0.3, -0.25) is 4.79 Å². The van der Waals surface area contributed by atoms with Crippen LogP contribution in [0.1, 0.15) is 11.1 Å². The van der Waals surface area contributed by atoms with Gasteiger partial charge in [-0.25, -0.2) is 0 Å². The van der Waals surface area contributed by atoms with Crippen LogP contribution in [0.25, 0.3) is 0 Å². The van der Waals surface area contributed by atoms with E-state index in [2.05, 4.69) is 35.7 Å². The lowest BCUT2D eigenvalue weighted by molar-refractivity contribution is -0.115. The normalized spacial score (nSPS) is 20.6. The van der Waals surface area contributed by atoms with Crippen LogP contribution in [0.15, 0.2) is 48.7 Å². The van der Waals surface area contributed by atoms with Gasteiger partial charge in [0.2, 0.25) is 5.91 Å². The van der Waals surface area contributed by atoms with Crippen LogP contribution in [-0.2, 0) is 17.6 Å². The van der Waals surface area contributed by atoms with Gasteiger partial charge in [0.05, 0.1) is 0 Å². The SMILES string of the molecule is O=C1C=CC2(C=CN1)Cc1ccccc1C2. The van der Waals surface area contributed by atoms with Gasteiger partial charge >= 0.3 is 0 Å². The molecular formula is C14H13NO. The monoisotopic (exact) mass is 211 g/mol. The Morgan fingerprint density at radius 1 is 1.06 bits per heavy atom. The van der Waals surface area contributed by atoms with Crippen LogP contribution in [-0.4, -0.2) is 5.91 Å². The van der Waals surface area contributed by atoms with Gasteiger partial charge in [0.1, 0.15) is 0 Å². The van der Waals surface area contributed by atoms with Crippen molar-refractivity contribution in [2.75, 3.05) is 0 Å². The van der Waals surface area contributed by atoms with Crippen molar-refractivity contribution in [3.8, 4) is 0 Å². The van der Waals surface area contributed by atoms with Crippen molar-refractivity contribution in [2.45, 2.75) is 12.8 Å². The van der Waals surface area contributed by atoms with Crippen LogP contribution in [0.4, 0.5) is 0 Å². The number of rotatable bonds is 0. The van der Waals surface area contributed by atoms with Crippen LogP contribution in [0, 0.1) is 5.41 Å². The van der Waals surface area contributed by atoms with Gasteiger partial charge in [-0.2, -0.15) is 0 Å². The molecule has 0 bridgehead atoms. The molecule has 1 heterocycles. The standard InChI is InChI=1S/C14H13NO/c16-13-5-6-14(7-8-15-13)9-11-3-1-2-4-12(11)10-14/h1-8H,9-10H2,(H,15,16). The van der Waals surface area contributed by atoms with Gasteiger partial charge in [-0.1, -0.05) is 36.4 Å². The Labute approximate surface area is 94.7 Å². The topological polar surface area (TPSA) is 29.1 Å². The summed E-state index contributed by atoms with van der Waals surface area (Å²) in [6.45, 7) is 0. The molecule has 0 saturated heterocycles. The summed E-state index contributed by atoms with van der Waals surface area (Å²) >= 11 is 0. The predicted octanol–water partition coefficient (Wildman–Crippen LogP) is 1.97. The highest BCUT2D eigenvalue weighted by Crippen LogP contribution is 2.39. The minimum absolute atomic E-state index is 0.00282. The second-order valence-electron chi connectivity index (χ2n) is 4.53. The first-order valence-electron chi connectivity index (χ1n) is 5.52. The summed E-state index contributed by atoms with van der Waals surface area (Å²) in [5.74, 6) is -0.0379. The quantitative estimate of drug-likeness (QED) is 0.698. The highest BCUT2D eigenvalue weighted by atomic mass is 16.1.